The molecule has 1 heterocycles. The van der Waals surface area contributed by atoms with Gasteiger partial charge in [0.15, 0.2) is 0 Å². The second-order valence-corrected chi connectivity index (χ2v) is 5.52. The van der Waals surface area contributed by atoms with Crippen LogP contribution >= 0.6 is 12.4 Å². The lowest BCUT2D eigenvalue weighted by atomic mass is 9.98. The molecule has 1 aliphatic heterocycles. The molecule has 0 unspecified atom stereocenters. The SMILES string of the molecule is CCCC[C@@H](O)[C@@H](N)c1ccc(N2CCCC2)cc1.Cl. The normalized spacial score (nSPS) is 17.6. The van der Waals surface area contributed by atoms with Crippen LogP contribution in [0.15, 0.2) is 24.3 Å². The molecule has 1 fully saturated rings. The number of anilines is 1. The lowest BCUT2D eigenvalue weighted by Gasteiger charge is -2.21. The highest BCUT2D eigenvalue weighted by Gasteiger charge is 2.17. The number of hydrogen-bond donors (Lipinski definition) is 2. The molecule has 114 valence electrons. The predicted octanol–water partition coefficient (Wildman–Crippen LogP) is 3.26. The molecule has 1 aromatic rings. The van der Waals surface area contributed by atoms with Crippen LogP contribution in [0, 0.1) is 0 Å². The second-order valence-electron chi connectivity index (χ2n) is 5.52. The minimum Gasteiger partial charge on any atom is -0.391 e. The maximum absolute atomic E-state index is 10.0. The first-order chi connectivity index (χ1) is 9.22. The number of hydrogen-bond acceptors (Lipinski definition) is 3. The largest absolute Gasteiger partial charge is 0.391 e. The average Bonchev–Trinajstić information content (AvgIpc) is 2.98. The van der Waals surface area contributed by atoms with E-state index in [1.807, 2.05) is 0 Å². The first-order valence-corrected chi connectivity index (χ1v) is 7.51. The number of nitrogens with zero attached hydrogens (tertiary/aromatic N) is 1. The Morgan fingerprint density at radius 3 is 2.35 bits per heavy atom. The van der Waals surface area contributed by atoms with Gasteiger partial charge in [0.2, 0.25) is 0 Å². The van der Waals surface area contributed by atoms with Gasteiger partial charge in [0.25, 0.3) is 0 Å². The summed E-state index contributed by atoms with van der Waals surface area (Å²) in [6.45, 7) is 4.44. The van der Waals surface area contributed by atoms with E-state index in [9.17, 15) is 5.11 Å². The van der Waals surface area contributed by atoms with Crippen molar-refractivity contribution in [3.8, 4) is 0 Å². The van der Waals surface area contributed by atoms with Crippen molar-refractivity contribution in [2.75, 3.05) is 18.0 Å². The fourth-order valence-electron chi connectivity index (χ4n) is 2.70. The van der Waals surface area contributed by atoms with E-state index in [1.165, 1.54) is 18.5 Å². The Hall–Kier alpha value is -0.770. The zero-order valence-electron chi connectivity index (χ0n) is 12.3. The van der Waals surface area contributed by atoms with Crippen molar-refractivity contribution in [3.05, 3.63) is 29.8 Å². The van der Waals surface area contributed by atoms with E-state index in [4.69, 9.17) is 5.73 Å². The number of halogens is 1. The van der Waals surface area contributed by atoms with E-state index < -0.39 is 6.10 Å². The van der Waals surface area contributed by atoms with Crippen LogP contribution in [-0.4, -0.2) is 24.3 Å². The molecular formula is C16H27ClN2O. The summed E-state index contributed by atoms with van der Waals surface area (Å²) in [6.07, 6.45) is 5.05. The van der Waals surface area contributed by atoms with Gasteiger partial charge in [-0.25, -0.2) is 0 Å². The van der Waals surface area contributed by atoms with Gasteiger partial charge in [0.1, 0.15) is 0 Å². The summed E-state index contributed by atoms with van der Waals surface area (Å²) in [5.74, 6) is 0. The van der Waals surface area contributed by atoms with Gasteiger partial charge in [-0.3, -0.25) is 0 Å². The van der Waals surface area contributed by atoms with Crippen molar-refractivity contribution in [1.82, 2.24) is 0 Å². The van der Waals surface area contributed by atoms with E-state index in [0.717, 1.165) is 37.9 Å². The van der Waals surface area contributed by atoms with Crippen molar-refractivity contribution in [2.45, 2.75) is 51.2 Å². The first-order valence-electron chi connectivity index (χ1n) is 7.51. The number of benzene rings is 1. The molecule has 1 saturated heterocycles. The predicted molar refractivity (Wildman–Crippen MR) is 87.6 cm³/mol. The van der Waals surface area contributed by atoms with E-state index in [-0.39, 0.29) is 18.4 Å². The summed E-state index contributed by atoms with van der Waals surface area (Å²) in [5, 5.41) is 10.0. The minimum atomic E-state index is -0.433. The van der Waals surface area contributed by atoms with E-state index in [1.54, 1.807) is 0 Å². The van der Waals surface area contributed by atoms with Gasteiger partial charge in [-0.05, 0) is 37.0 Å². The molecule has 0 aliphatic carbocycles. The maximum Gasteiger partial charge on any atom is 0.0732 e. The summed E-state index contributed by atoms with van der Waals surface area (Å²) in [7, 11) is 0. The molecule has 0 spiro atoms. The van der Waals surface area contributed by atoms with Crippen LogP contribution in [0.1, 0.15) is 50.6 Å². The third kappa shape index (κ3) is 4.37. The third-order valence-corrected chi connectivity index (χ3v) is 4.02. The topological polar surface area (TPSA) is 49.5 Å². The highest BCUT2D eigenvalue weighted by molar-refractivity contribution is 5.85. The highest BCUT2D eigenvalue weighted by atomic mass is 35.5. The molecule has 0 radical (unpaired) electrons. The van der Waals surface area contributed by atoms with Crippen LogP contribution in [0.25, 0.3) is 0 Å². The Morgan fingerprint density at radius 2 is 1.80 bits per heavy atom. The maximum atomic E-state index is 10.0. The Balaban J connectivity index is 0.00000200. The molecule has 2 atom stereocenters. The minimum absolute atomic E-state index is 0. The summed E-state index contributed by atoms with van der Waals surface area (Å²) in [4.78, 5) is 2.41. The Morgan fingerprint density at radius 1 is 1.20 bits per heavy atom. The lowest BCUT2D eigenvalue weighted by Crippen LogP contribution is -2.26. The zero-order chi connectivity index (χ0) is 13.7. The average molecular weight is 299 g/mol. The number of unbranched alkanes of at least 4 members (excludes halogenated alkanes) is 1. The molecule has 0 amide bonds. The quantitative estimate of drug-likeness (QED) is 0.847. The monoisotopic (exact) mass is 298 g/mol. The number of rotatable bonds is 6. The highest BCUT2D eigenvalue weighted by Crippen LogP contribution is 2.24. The molecule has 2 rings (SSSR count). The standard InChI is InChI=1S/C16H26N2O.ClH/c1-2-3-6-15(19)16(17)13-7-9-14(10-8-13)18-11-4-5-12-18;/h7-10,15-16,19H,2-6,11-12,17H2,1H3;1H/t15-,16+;/m1./s1. The van der Waals surface area contributed by atoms with Gasteiger partial charge in [-0.15, -0.1) is 12.4 Å². The van der Waals surface area contributed by atoms with Gasteiger partial charge >= 0.3 is 0 Å². The molecule has 0 aromatic heterocycles. The van der Waals surface area contributed by atoms with Gasteiger partial charge in [0.05, 0.1) is 12.1 Å². The smallest absolute Gasteiger partial charge is 0.0732 e. The van der Waals surface area contributed by atoms with E-state index >= 15 is 0 Å². The van der Waals surface area contributed by atoms with Gasteiger partial charge in [-0.2, -0.15) is 0 Å². The third-order valence-electron chi connectivity index (χ3n) is 4.02. The summed E-state index contributed by atoms with van der Waals surface area (Å²) >= 11 is 0. The van der Waals surface area contributed by atoms with Crippen molar-refractivity contribution in [1.29, 1.82) is 0 Å². The van der Waals surface area contributed by atoms with Gasteiger partial charge in [-0.1, -0.05) is 31.9 Å². The number of aliphatic hydroxyl groups is 1. The number of nitrogens with two attached hydrogens (primary N) is 1. The van der Waals surface area contributed by atoms with E-state index in [0.29, 0.717) is 0 Å². The fourth-order valence-corrected chi connectivity index (χ4v) is 2.70. The Labute approximate surface area is 128 Å². The molecule has 1 aromatic carbocycles. The summed E-state index contributed by atoms with van der Waals surface area (Å²) in [5.41, 5.74) is 8.43. The van der Waals surface area contributed by atoms with Crippen LogP contribution in [0.3, 0.4) is 0 Å². The van der Waals surface area contributed by atoms with Crippen LogP contribution in [0.4, 0.5) is 5.69 Å². The molecule has 0 bridgehead atoms. The Kier molecular flexibility index (Phi) is 7.35. The summed E-state index contributed by atoms with van der Waals surface area (Å²) < 4.78 is 0. The van der Waals surface area contributed by atoms with Crippen molar-refractivity contribution in [3.63, 3.8) is 0 Å². The van der Waals surface area contributed by atoms with Crippen molar-refractivity contribution < 1.29 is 5.11 Å². The second kappa shape index (κ2) is 8.50. The summed E-state index contributed by atoms with van der Waals surface area (Å²) in [6, 6.07) is 8.13. The molecule has 20 heavy (non-hydrogen) atoms. The first kappa shape index (κ1) is 17.3. The molecular weight excluding hydrogens is 272 g/mol. The van der Waals surface area contributed by atoms with Crippen molar-refractivity contribution >= 4 is 18.1 Å². The lowest BCUT2D eigenvalue weighted by molar-refractivity contribution is 0.132. The van der Waals surface area contributed by atoms with Gasteiger partial charge in [0, 0.05) is 18.8 Å². The van der Waals surface area contributed by atoms with E-state index in [2.05, 4.69) is 36.1 Å². The van der Waals surface area contributed by atoms with Gasteiger partial charge < -0.3 is 15.7 Å². The zero-order valence-corrected chi connectivity index (χ0v) is 13.1. The Bertz CT molecular complexity index is 377. The fraction of sp³-hybridized carbons (Fsp3) is 0.625. The molecule has 0 saturated carbocycles. The molecule has 4 heteroatoms. The molecule has 3 nitrogen and oxygen atoms in total. The van der Waals surface area contributed by atoms with Crippen LogP contribution < -0.4 is 10.6 Å². The van der Waals surface area contributed by atoms with Crippen LogP contribution in [-0.2, 0) is 0 Å². The van der Waals surface area contributed by atoms with Crippen molar-refractivity contribution in [2.24, 2.45) is 5.73 Å². The number of aliphatic hydroxyl groups excluding tert-OH is 1. The van der Waals surface area contributed by atoms with Crippen LogP contribution in [0.2, 0.25) is 0 Å². The molecule has 1 aliphatic rings. The van der Waals surface area contributed by atoms with Crippen LogP contribution in [0.5, 0.6) is 0 Å². The molecule has 3 N–H and O–H groups in total.